The lowest BCUT2D eigenvalue weighted by molar-refractivity contribution is -0.128. The van der Waals surface area contributed by atoms with Crippen molar-refractivity contribution in [3.8, 4) is 0 Å². The molecule has 0 radical (unpaired) electrons. The number of hydrogen-bond donors (Lipinski definition) is 1. The highest BCUT2D eigenvalue weighted by Gasteiger charge is 2.33. The standard InChI is InChI=1S/C18H25Cl2N3O2S/c1-11(2)21-18(25)22(12(3)4)7-8-23-16(24)10-26-17(23)13-5-6-14(19)15(20)9-13/h5-6,9,11-12,17H,7-8,10H2,1-4H3,(H,21,25)/t17-/m1/s1. The van der Waals surface area contributed by atoms with Gasteiger partial charge in [0.1, 0.15) is 5.37 Å². The predicted octanol–water partition coefficient (Wildman–Crippen LogP) is 4.40. The van der Waals surface area contributed by atoms with Crippen LogP contribution in [0, 0.1) is 0 Å². The van der Waals surface area contributed by atoms with Crippen molar-refractivity contribution in [2.24, 2.45) is 0 Å². The summed E-state index contributed by atoms with van der Waals surface area (Å²) in [5.74, 6) is 0.490. The molecule has 1 aliphatic heterocycles. The molecule has 1 N–H and O–H groups in total. The maximum absolute atomic E-state index is 12.4. The first kappa shape index (κ1) is 21.2. The first-order valence-corrected chi connectivity index (χ1v) is 10.4. The van der Waals surface area contributed by atoms with Crippen LogP contribution in [-0.4, -0.2) is 52.7 Å². The summed E-state index contributed by atoms with van der Waals surface area (Å²) in [6.07, 6.45) is 0. The monoisotopic (exact) mass is 417 g/mol. The average Bonchev–Trinajstić information content (AvgIpc) is 2.90. The highest BCUT2D eigenvalue weighted by Crippen LogP contribution is 2.40. The fourth-order valence-corrected chi connectivity index (χ4v) is 4.29. The molecular formula is C18H25Cl2N3O2S. The smallest absolute Gasteiger partial charge is 0.317 e. The van der Waals surface area contributed by atoms with E-state index in [2.05, 4.69) is 5.32 Å². The molecule has 8 heteroatoms. The Morgan fingerprint density at radius 1 is 1.31 bits per heavy atom. The van der Waals surface area contributed by atoms with Crippen molar-refractivity contribution < 1.29 is 9.59 Å². The Labute approximate surface area is 169 Å². The van der Waals surface area contributed by atoms with Gasteiger partial charge < -0.3 is 15.1 Å². The zero-order chi connectivity index (χ0) is 19.4. The van der Waals surface area contributed by atoms with Gasteiger partial charge in [-0.2, -0.15) is 0 Å². The number of hydrogen-bond acceptors (Lipinski definition) is 3. The second-order valence-corrected chi connectivity index (χ2v) is 8.70. The highest BCUT2D eigenvalue weighted by molar-refractivity contribution is 8.00. The van der Waals surface area contributed by atoms with Crippen LogP contribution in [-0.2, 0) is 4.79 Å². The van der Waals surface area contributed by atoms with E-state index in [1.807, 2.05) is 38.7 Å². The Balaban J connectivity index is 2.10. The molecule has 0 bridgehead atoms. The quantitative estimate of drug-likeness (QED) is 0.745. The minimum Gasteiger partial charge on any atom is -0.336 e. The van der Waals surface area contributed by atoms with Gasteiger partial charge in [-0.3, -0.25) is 4.79 Å². The maximum atomic E-state index is 12.4. The van der Waals surface area contributed by atoms with Crippen molar-refractivity contribution in [1.29, 1.82) is 0 Å². The lowest BCUT2D eigenvalue weighted by Crippen LogP contribution is -2.49. The molecule has 1 aromatic carbocycles. The number of urea groups is 1. The van der Waals surface area contributed by atoms with E-state index < -0.39 is 0 Å². The summed E-state index contributed by atoms with van der Waals surface area (Å²) in [4.78, 5) is 28.3. The van der Waals surface area contributed by atoms with Crippen LogP contribution in [0.4, 0.5) is 4.79 Å². The molecule has 5 nitrogen and oxygen atoms in total. The number of carbonyl (C=O) groups excluding carboxylic acids is 2. The van der Waals surface area contributed by atoms with Crippen molar-refractivity contribution >= 4 is 46.9 Å². The largest absolute Gasteiger partial charge is 0.336 e. The minimum atomic E-state index is -0.112. The summed E-state index contributed by atoms with van der Waals surface area (Å²) in [7, 11) is 0. The van der Waals surface area contributed by atoms with Crippen LogP contribution < -0.4 is 5.32 Å². The summed E-state index contributed by atoms with van der Waals surface area (Å²) < 4.78 is 0. The highest BCUT2D eigenvalue weighted by atomic mass is 35.5. The molecule has 1 aromatic rings. The van der Waals surface area contributed by atoms with E-state index in [9.17, 15) is 9.59 Å². The van der Waals surface area contributed by atoms with Crippen LogP contribution in [0.2, 0.25) is 10.0 Å². The lowest BCUT2D eigenvalue weighted by Gasteiger charge is -2.31. The number of thioether (sulfide) groups is 1. The number of nitrogens with one attached hydrogen (secondary N) is 1. The third-order valence-electron chi connectivity index (χ3n) is 4.08. The molecule has 3 amide bonds. The molecule has 0 aromatic heterocycles. The molecule has 1 atom stereocenters. The molecular weight excluding hydrogens is 393 g/mol. The third-order valence-corrected chi connectivity index (χ3v) is 6.07. The van der Waals surface area contributed by atoms with Crippen LogP contribution >= 0.6 is 35.0 Å². The van der Waals surface area contributed by atoms with Gasteiger partial charge in [0.15, 0.2) is 0 Å². The lowest BCUT2D eigenvalue weighted by atomic mass is 10.2. The molecule has 1 heterocycles. The summed E-state index contributed by atoms with van der Waals surface area (Å²) in [5.41, 5.74) is 0.943. The summed E-state index contributed by atoms with van der Waals surface area (Å²) >= 11 is 13.7. The molecule has 0 spiro atoms. The second-order valence-electron chi connectivity index (χ2n) is 6.82. The average molecular weight is 418 g/mol. The fraction of sp³-hybridized carbons (Fsp3) is 0.556. The van der Waals surface area contributed by atoms with Crippen molar-refractivity contribution in [3.05, 3.63) is 33.8 Å². The van der Waals surface area contributed by atoms with Gasteiger partial charge in [0.2, 0.25) is 5.91 Å². The van der Waals surface area contributed by atoms with Gasteiger partial charge in [0.25, 0.3) is 0 Å². The summed E-state index contributed by atoms with van der Waals surface area (Å²) in [6.45, 7) is 8.74. The zero-order valence-corrected chi connectivity index (χ0v) is 17.8. The van der Waals surface area contributed by atoms with E-state index in [0.29, 0.717) is 28.9 Å². The van der Waals surface area contributed by atoms with E-state index in [1.165, 1.54) is 0 Å². The Bertz CT molecular complexity index is 670. The first-order valence-electron chi connectivity index (χ1n) is 8.63. The van der Waals surface area contributed by atoms with Crippen LogP contribution in [0.1, 0.15) is 38.6 Å². The molecule has 1 fully saturated rings. The number of benzene rings is 1. The van der Waals surface area contributed by atoms with Crippen molar-refractivity contribution in [2.75, 3.05) is 18.8 Å². The fourth-order valence-electron chi connectivity index (χ4n) is 2.78. The molecule has 0 unspecified atom stereocenters. The van der Waals surface area contributed by atoms with Crippen LogP contribution in [0.15, 0.2) is 18.2 Å². The van der Waals surface area contributed by atoms with E-state index in [1.54, 1.807) is 28.8 Å². The van der Waals surface area contributed by atoms with Gasteiger partial charge in [-0.25, -0.2) is 4.79 Å². The van der Waals surface area contributed by atoms with E-state index >= 15 is 0 Å². The summed E-state index contributed by atoms with van der Waals surface area (Å²) in [5, 5.41) is 3.77. The van der Waals surface area contributed by atoms with Crippen LogP contribution in [0.25, 0.3) is 0 Å². The maximum Gasteiger partial charge on any atom is 0.317 e. The molecule has 26 heavy (non-hydrogen) atoms. The van der Waals surface area contributed by atoms with Crippen LogP contribution in [0.5, 0.6) is 0 Å². The Morgan fingerprint density at radius 3 is 2.58 bits per heavy atom. The van der Waals surface area contributed by atoms with Gasteiger partial charge in [-0.05, 0) is 45.4 Å². The second kappa shape index (κ2) is 9.20. The van der Waals surface area contributed by atoms with Gasteiger partial charge in [-0.15, -0.1) is 11.8 Å². The van der Waals surface area contributed by atoms with Crippen molar-refractivity contribution in [1.82, 2.24) is 15.1 Å². The molecule has 0 aliphatic carbocycles. The van der Waals surface area contributed by atoms with Gasteiger partial charge in [-0.1, -0.05) is 29.3 Å². The van der Waals surface area contributed by atoms with Gasteiger partial charge in [0.05, 0.1) is 15.8 Å². The third kappa shape index (κ3) is 5.21. The van der Waals surface area contributed by atoms with Gasteiger partial charge in [0, 0.05) is 25.2 Å². The Kier molecular flexibility index (Phi) is 7.50. The Morgan fingerprint density at radius 2 is 2.00 bits per heavy atom. The van der Waals surface area contributed by atoms with E-state index in [0.717, 1.165) is 5.56 Å². The van der Waals surface area contributed by atoms with Crippen LogP contribution in [0.3, 0.4) is 0 Å². The predicted molar refractivity (Wildman–Crippen MR) is 109 cm³/mol. The van der Waals surface area contributed by atoms with Crippen molar-refractivity contribution in [2.45, 2.75) is 45.2 Å². The molecule has 1 aliphatic rings. The topological polar surface area (TPSA) is 52.7 Å². The number of halogens is 2. The molecule has 144 valence electrons. The normalized spacial score (nSPS) is 17.3. The number of rotatable bonds is 6. The molecule has 1 saturated heterocycles. The number of nitrogens with zero attached hydrogens (tertiary/aromatic N) is 2. The molecule has 0 saturated carbocycles. The number of amides is 3. The minimum absolute atomic E-state index is 0.0440. The SMILES string of the molecule is CC(C)NC(=O)N(CCN1C(=O)CS[C@@H]1c1ccc(Cl)c(Cl)c1)C(C)C. The zero-order valence-electron chi connectivity index (χ0n) is 15.5. The van der Waals surface area contributed by atoms with E-state index in [-0.39, 0.29) is 29.4 Å². The first-order chi connectivity index (χ1) is 12.2. The van der Waals surface area contributed by atoms with Crippen molar-refractivity contribution in [3.63, 3.8) is 0 Å². The summed E-state index contributed by atoms with van der Waals surface area (Å²) in [6, 6.07) is 5.44. The van der Waals surface area contributed by atoms with E-state index in [4.69, 9.17) is 23.2 Å². The Hall–Kier alpha value is -1.11. The molecule has 2 rings (SSSR count). The van der Waals surface area contributed by atoms with Gasteiger partial charge >= 0.3 is 6.03 Å². The number of carbonyl (C=O) groups is 2.